The van der Waals surface area contributed by atoms with Crippen LogP contribution in [0.4, 0.5) is 13.2 Å². The summed E-state index contributed by atoms with van der Waals surface area (Å²) in [4.78, 5) is 0. The minimum absolute atomic E-state index is 0. The van der Waals surface area contributed by atoms with Gasteiger partial charge in [-0.25, -0.2) is 0 Å². The van der Waals surface area contributed by atoms with Gasteiger partial charge in [0.1, 0.15) is 0 Å². The second-order valence-electron chi connectivity index (χ2n) is 4.09. The Morgan fingerprint density at radius 1 is 1.29 bits per heavy atom. The lowest BCUT2D eigenvalue weighted by Crippen LogP contribution is -2.18. The van der Waals surface area contributed by atoms with Crippen molar-refractivity contribution in [3.63, 3.8) is 0 Å². The van der Waals surface area contributed by atoms with Crippen molar-refractivity contribution in [2.24, 2.45) is 11.7 Å². The van der Waals surface area contributed by atoms with Crippen molar-refractivity contribution in [3.05, 3.63) is 34.3 Å². The Bertz CT molecular complexity index is 402. The molecular weight excluding hydrogens is 274 g/mol. The smallest absolute Gasteiger partial charge is 0.324 e. The molecule has 1 saturated carbocycles. The molecule has 96 valence electrons. The van der Waals surface area contributed by atoms with E-state index in [0.29, 0.717) is 0 Å². The van der Waals surface area contributed by atoms with Gasteiger partial charge < -0.3 is 5.73 Å². The van der Waals surface area contributed by atoms with Crippen LogP contribution >= 0.6 is 24.0 Å². The number of alkyl halides is 3. The highest BCUT2D eigenvalue weighted by atomic mass is 35.5. The van der Waals surface area contributed by atoms with E-state index in [1.165, 1.54) is 12.1 Å². The Morgan fingerprint density at radius 3 is 2.35 bits per heavy atom. The summed E-state index contributed by atoms with van der Waals surface area (Å²) in [6, 6.07) is 3.25. The van der Waals surface area contributed by atoms with E-state index in [-0.39, 0.29) is 28.9 Å². The second-order valence-corrected chi connectivity index (χ2v) is 4.53. The van der Waals surface area contributed by atoms with Crippen LogP contribution in [0.1, 0.15) is 30.0 Å². The normalized spacial score (nSPS) is 17.5. The molecule has 0 saturated heterocycles. The summed E-state index contributed by atoms with van der Waals surface area (Å²) in [7, 11) is 0. The van der Waals surface area contributed by atoms with Crippen LogP contribution in [-0.4, -0.2) is 0 Å². The average molecular weight is 286 g/mol. The van der Waals surface area contributed by atoms with E-state index in [4.69, 9.17) is 17.3 Å². The zero-order valence-corrected chi connectivity index (χ0v) is 10.4. The molecule has 0 bridgehead atoms. The topological polar surface area (TPSA) is 26.0 Å². The fraction of sp³-hybridized carbons (Fsp3) is 0.455. The van der Waals surface area contributed by atoms with Crippen molar-refractivity contribution in [1.29, 1.82) is 0 Å². The Labute approximate surface area is 109 Å². The summed E-state index contributed by atoms with van der Waals surface area (Å²) in [5.41, 5.74) is 5.25. The average Bonchev–Trinajstić information content (AvgIpc) is 2.98. The molecule has 1 fully saturated rings. The molecule has 0 unspecified atom stereocenters. The third-order valence-electron chi connectivity index (χ3n) is 2.81. The lowest BCUT2D eigenvalue weighted by molar-refractivity contribution is -0.138. The first kappa shape index (κ1) is 14.6. The molecular formula is C11H12Cl2F3N. The van der Waals surface area contributed by atoms with Crippen molar-refractivity contribution in [1.82, 2.24) is 0 Å². The molecule has 17 heavy (non-hydrogen) atoms. The van der Waals surface area contributed by atoms with Crippen LogP contribution < -0.4 is 5.73 Å². The van der Waals surface area contributed by atoms with Crippen molar-refractivity contribution in [2.75, 3.05) is 0 Å². The Hall–Kier alpha value is -0.450. The van der Waals surface area contributed by atoms with E-state index in [9.17, 15) is 13.2 Å². The fourth-order valence-corrected chi connectivity index (χ4v) is 1.95. The number of hydrogen-bond donors (Lipinski definition) is 1. The highest BCUT2D eigenvalue weighted by Crippen LogP contribution is 2.44. The molecule has 0 heterocycles. The van der Waals surface area contributed by atoms with E-state index in [1.807, 2.05) is 0 Å². The summed E-state index contributed by atoms with van der Waals surface area (Å²) < 4.78 is 38.3. The molecule has 1 aliphatic carbocycles. The molecule has 0 amide bonds. The van der Waals surface area contributed by atoms with Crippen LogP contribution in [0, 0.1) is 5.92 Å². The monoisotopic (exact) mass is 285 g/mol. The fourth-order valence-electron chi connectivity index (χ4n) is 1.77. The summed E-state index contributed by atoms with van der Waals surface area (Å²) in [5, 5.41) is 0.0825. The van der Waals surface area contributed by atoms with Crippen molar-refractivity contribution < 1.29 is 13.2 Å². The third-order valence-corrected chi connectivity index (χ3v) is 3.04. The second kappa shape index (κ2) is 5.04. The molecule has 0 radical (unpaired) electrons. The zero-order valence-electron chi connectivity index (χ0n) is 8.80. The van der Waals surface area contributed by atoms with Crippen LogP contribution in [-0.2, 0) is 6.18 Å². The van der Waals surface area contributed by atoms with E-state index in [1.54, 1.807) is 0 Å². The van der Waals surface area contributed by atoms with Gasteiger partial charge in [-0.05, 0) is 36.5 Å². The molecule has 1 nitrogen and oxygen atoms in total. The molecule has 0 spiro atoms. The maximum Gasteiger partial charge on any atom is 0.416 e. The van der Waals surface area contributed by atoms with Gasteiger partial charge >= 0.3 is 6.18 Å². The number of rotatable bonds is 2. The number of halogens is 5. The lowest BCUT2D eigenvalue weighted by Gasteiger charge is -2.18. The maximum atomic E-state index is 12.8. The Kier molecular flexibility index (Phi) is 4.33. The predicted octanol–water partition coefficient (Wildman–Crippen LogP) is 4.19. The number of benzene rings is 1. The molecule has 1 aromatic rings. The number of hydrogen-bond acceptors (Lipinski definition) is 1. The predicted molar refractivity (Wildman–Crippen MR) is 63.4 cm³/mol. The number of nitrogens with two attached hydrogens (primary N) is 1. The minimum Gasteiger partial charge on any atom is -0.324 e. The van der Waals surface area contributed by atoms with Gasteiger partial charge in [-0.15, -0.1) is 12.4 Å². The zero-order chi connectivity index (χ0) is 11.9. The minimum atomic E-state index is -4.40. The molecule has 2 N–H and O–H groups in total. The van der Waals surface area contributed by atoms with Crippen LogP contribution in [0.5, 0.6) is 0 Å². The molecule has 2 rings (SSSR count). The maximum absolute atomic E-state index is 12.8. The molecule has 0 aliphatic heterocycles. The summed E-state index contributed by atoms with van der Waals surface area (Å²) >= 11 is 5.58. The Morgan fingerprint density at radius 2 is 1.88 bits per heavy atom. The standard InChI is InChI=1S/C11H11ClF3N.ClH/c12-7-3-4-8(10(16)6-1-2-6)9(5-7)11(13,14)15;/h3-6,10H,1-2,16H2;1H/t10-;/m0./s1. The van der Waals surface area contributed by atoms with Crippen LogP contribution in [0.3, 0.4) is 0 Å². The third kappa shape index (κ3) is 3.27. The van der Waals surface area contributed by atoms with Gasteiger partial charge in [0.15, 0.2) is 0 Å². The summed E-state index contributed by atoms with van der Waals surface area (Å²) in [5.74, 6) is 0.183. The molecule has 1 atom stereocenters. The van der Waals surface area contributed by atoms with Crippen molar-refractivity contribution >= 4 is 24.0 Å². The highest BCUT2D eigenvalue weighted by Gasteiger charge is 2.38. The van der Waals surface area contributed by atoms with Crippen molar-refractivity contribution in [3.8, 4) is 0 Å². The first-order chi connectivity index (χ1) is 7.39. The van der Waals surface area contributed by atoms with Crippen molar-refractivity contribution in [2.45, 2.75) is 25.1 Å². The van der Waals surface area contributed by atoms with Crippen LogP contribution in [0.15, 0.2) is 18.2 Å². The van der Waals surface area contributed by atoms with E-state index in [0.717, 1.165) is 18.9 Å². The SMILES string of the molecule is Cl.N[C@H](c1ccc(Cl)cc1C(F)(F)F)C1CC1. The van der Waals surface area contributed by atoms with Crippen LogP contribution in [0.25, 0.3) is 0 Å². The Balaban J connectivity index is 0.00000144. The van der Waals surface area contributed by atoms with Gasteiger partial charge in [0.2, 0.25) is 0 Å². The van der Waals surface area contributed by atoms with E-state index in [2.05, 4.69) is 0 Å². The van der Waals surface area contributed by atoms with Gasteiger partial charge in [0, 0.05) is 11.1 Å². The van der Waals surface area contributed by atoms with Gasteiger partial charge in [0.25, 0.3) is 0 Å². The van der Waals surface area contributed by atoms with Gasteiger partial charge in [-0.1, -0.05) is 17.7 Å². The van der Waals surface area contributed by atoms with E-state index >= 15 is 0 Å². The largest absolute Gasteiger partial charge is 0.416 e. The molecule has 6 heteroatoms. The molecule has 0 aromatic heterocycles. The molecule has 1 aliphatic rings. The van der Waals surface area contributed by atoms with Gasteiger partial charge in [-0.3, -0.25) is 0 Å². The summed E-state index contributed by atoms with van der Waals surface area (Å²) in [6.07, 6.45) is -2.59. The van der Waals surface area contributed by atoms with Gasteiger partial charge in [0.05, 0.1) is 5.56 Å². The molecule has 1 aromatic carbocycles. The van der Waals surface area contributed by atoms with E-state index < -0.39 is 17.8 Å². The quantitative estimate of drug-likeness (QED) is 0.866. The first-order valence-corrected chi connectivity index (χ1v) is 5.39. The summed E-state index contributed by atoms with van der Waals surface area (Å²) in [6.45, 7) is 0. The first-order valence-electron chi connectivity index (χ1n) is 5.02. The van der Waals surface area contributed by atoms with Crippen LogP contribution in [0.2, 0.25) is 5.02 Å². The lowest BCUT2D eigenvalue weighted by atomic mass is 9.97. The van der Waals surface area contributed by atoms with Gasteiger partial charge in [-0.2, -0.15) is 13.2 Å². The highest BCUT2D eigenvalue weighted by molar-refractivity contribution is 6.30.